The predicted molar refractivity (Wildman–Crippen MR) is 171 cm³/mol. The number of aryl methyl sites for hydroxylation is 2. The maximum absolute atomic E-state index is 13.9. The lowest BCUT2D eigenvalue weighted by atomic mass is 10.0. The second-order valence-corrected chi connectivity index (χ2v) is 13.1. The molecule has 0 bridgehead atoms. The standard InChI is InChI=1S/C33H42ClN3O4S/c1-5-6-18-35-33(39)31(23-27-11-8-7-9-12-27)36(24-28-14-16-29(34)17-15-28)32(38)13-10-19-37(42(4,40)41)30-21-25(2)20-26(3)22-30/h7-9,11-12,14-17,20-22,31H,5-6,10,13,18-19,23-24H2,1-4H3,(H,35,39)/t31-/m0/s1. The largest absolute Gasteiger partial charge is 0.354 e. The zero-order valence-corrected chi connectivity index (χ0v) is 26.5. The number of carbonyl (C=O) groups excluding carboxylic acids is 2. The van der Waals surface area contributed by atoms with Gasteiger partial charge in [0.15, 0.2) is 0 Å². The van der Waals surface area contributed by atoms with Gasteiger partial charge in [-0.05, 0) is 73.2 Å². The van der Waals surface area contributed by atoms with Crippen LogP contribution in [0.2, 0.25) is 5.02 Å². The van der Waals surface area contributed by atoms with Gasteiger partial charge in [0, 0.05) is 37.5 Å². The molecule has 1 N–H and O–H groups in total. The summed E-state index contributed by atoms with van der Waals surface area (Å²) in [5.74, 6) is -0.423. The topological polar surface area (TPSA) is 86.8 Å². The van der Waals surface area contributed by atoms with E-state index in [1.54, 1.807) is 17.0 Å². The van der Waals surface area contributed by atoms with Crippen LogP contribution in [-0.4, -0.2) is 50.5 Å². The SMILES string of the molecule is CCCCNC(=O)[C@H](Cc1ccccc1)N(Cc1ccc(Cl)cc1)C(=O)CCCN(c1cc(C)cc(C)c1)S(C)(=O)=O. The van der Waals surface area contributed by atoms with Gasteiger partial charge in [-0.15, -0.1) is 0 Å². The summed E-state index contributed by atoms with van der Waals surface area (Å²) in [4.78, 5) is 29.1. The Morgan fingerprint density at radius 3 is 2.14 bits per heavy atom. The molecule has 0 radical (unpaired) electrons. The molecule has 0 saturated heterocycles. The number of halogens is 1. The van der Waals surface area contributed by atoms with Gasteiger partial charge >= 0.3 is 0 Å². The predicted octanol–water partition coefficient (Wildman–Crippen LogP) is 6.06. The third kappa shape index (κ3) is 10.2. The number of rotatable bonds is 15. The summed E-state index contributed by atoms with van der Waals surface area (Å²) in [5, 5.41) is 3.60. The Bertz CT molecular complexity index is 1410. The molecule has 0 heterocycles. The molecule has 3 rings (SSSR count). The van der Waals surface area contributed by atoms with Gasteiger partial charge in [-0.3, -0.25) is 13.9 Å². The van der Waals surface area contributed by atoms with Crippen LogP contribution in [0.25, 0.3) is 0 Å². The molecule has 3 aromatic carbocycles. The third-order valence-electron chi connectivity index (χ3n) is 7.01. The molecule has 9 heteroatoms. The summed E-state index contributed by atoms with van der Waals surface area (Å²) in [6, 6.07) is 21.8. The van der Waals surface area contributed by atoms with Gasteiger partial charge < -0.3 is 10.2 Å². The van der Waals surface area contributed by atoms with E-state index < -0.39 is 16.1 Å². The van der Waals surface area contributed by atoms with Crippen LogP contribution in [0.1, 0.15) is 54.9 Å². The van der Waals surface area contributed by atoms with Crippen molar-refractivity contribution in [1.82, 2.24) is 10.2 Å². The molecule has 2 amide bonds. The minimum absolute atomic E-state index is 0.0813. The second kappa shape index (κ2) is 15.8. The van der Waals surface area contributed by atoms with Gasteiger partial charge in [-0.1, -0.05) is 73.5 Å². The number of amides is 2. The van der Waals surface area contributed by atoms with E-state index in [9.17, 15) is 18.0 Å². The monoisotopic (exact) mass is 611 g/mol. The van der Waals surface area contributed by atoms with Gasteiger partial charge in [0.25, 0.3) is 0 Å². The van der Waals surface area contributed by atoms with Crippen LogP contribution in [-0.2, 0) is 32.6 Å². The van der Waals surface area contributed by atoms with E-state index in [-0.39, 0.29) is 31.3 Å². The fourth-order valence-electron chi connectivity index (χ4n) is 4.95. The minimum Gasteiger partial charge on any atom is -0.354 e. The summed E-state index contributed by atoms with van der Waals surface area (Å²) >= 11 is 6.11. The smallest absolute Gasteiger partial charge is 0.243 e. The first kappa shape index (κ1) is 33.1. The fourth-order valence-corrected chi connectivity index (χ4v) is 6.02. The number of hydrogen-bond donors (Lipinski definition) is 1. The Kier molecular flexibility index (Phi) is 12.4. The van der Waals surface area contributed by atoms with Crippen LogP contribution in [0.5, 0.6) is 0 Å². The maximum Gasteiger partial charge on any atom is 0.243 e. The number of unbranched alkanes of at least 4 members (excludes halogenated alkanes) is 1. The van der Waals surface area contributed by atoms with Crippen molar-refractivity contribution >= 4 is 39.1 Å². The molecule has 0 aromatic heterocycles. The van der Waals surface area contributed by atoms with Gasteiger partial charge in [-0.25, -0.2) is 8.42 Å². The molecule has 0 aliphatic carbocycles. The lowest BCUT2D eigenvalue weighted by molar-refractivity contribution is -0.141. The van der Waals surface area contributed by atoms with Crippen LogP contribution in [0.4, 0.5) is 5.69 Å². The highest BCUT2D eigenvalue weighted by Crippen LogP contribution is 2.23. The fraction of sp³-hybridized carbons (Fsp3) is 0.394. The number of sulfonamides is 1. The normalized spacial score (nSPS) is 12.0. The molecule has 0 aliphatic heterocycles. The molecule has 0 saturated carbocycles. The molecule has 42 heavy (non-hydrogen) atoms. The average molecular weight is 612 g/mol. The number of nitrogens with zero attached hydrogens (tertiary/aromatic N) is 2. The van der Waals surface area contributed by atoms with Gasteiger partial charge in [-0.2, -0.15) is 0 Å². The summed E-state index contributed by atoms with van der Waals surface area (Å²) in [5.41, 5.74) is 4.29. The van der Waals surface area contributed by atoms with E-state index in [0.29, 0.717) is 30.1 Å². The van der Waals surface area contributed by atoms with Crippen molar-refractivity contribution in [2.75, 3.05) is 23.7 Å². The Morgan fingerprint density at radius 1 is 0.905 bits per heavy atom. The van der Waals surface area contributed by atoms with E-state index in [1.165, 1.54) is 10.6 Å². The molecule has 3 aromatic rings. The van der Waals surface area contributed by atoms with Crippen LogP contribution in [0.15, 0.2) is 72.8 Å². The first-order valence-corrected chi connectivity index (χ1v) is 16.6. The molecule has 226 valence electrons. The number of carbonyl (C=O) groups is 2. The quantitative estimate of drug-likeness (QED) is 0.212. The molecular weight excluding hydrogens is 570 g/mol. The highest BCUT2D eigenvalue weighted by molar-refractivity contribution is 7.92. The zero-order valence-electron chi connectivity index (χ0n) is 25.0. The number of anilines is 1. The van der Waals surface area contributed by atoms with Crippen molar-refractivity contribution in [1.29, 1.82) is 0 Å². The van der Waals surface area contributed by atoms with Gasteiger partial charge in [0.2, 0.25) is 21.8 Å². The van der Waals surface area contributed by atoms with Crippen molar-refractivity contribution in [3.63, 3.8) is 0 Å². The van der Waals surface area contributed by atoms with Crippen molar-refractivity contribution in [3.8, 4) is 0 Å². The van der Waals surface area contributed by atoms with E-state index in [0.717, 1.165) is 35.1 Å². The maximum atomic E-state index is 13.9. The van der Waals surface area contributed by atoms with E-state index in [1.807, 2.05) is 74.5 Å². The van der Waals surface area contributed by atoms with Gasteiger partial charge in [0.1, 0.15) is 6.04 Å². The van der Waals surface area contributed by atoms with Crippen molar-refractivity contribution < 1.29 is 18.0 Å². The molecular formula is C33H42ClN3O4S. The Hall–Kier alpha value is -3.36. The first-order chi connectivity index (χ1) is 20.0. The van der Waals surface area contributed by atoms with E-state index in [4.69, 9.17) is 11.6 Å². The lowest BCUT2D eigenvalue weighted by Gasteiger charge is -2.32. The van der Waals surface area contributed by atoms with Crippen molar-refractivity contribution in [3.05, 3.63) is 100 Å². The van der Waals surface area contributed by atoms with Crippen LogP contribution in [0.3, 0.4) is 0 Å². The molecule has 0 spiro atoms. The zero-order chi connectivity index (χ0) is 30.7. The summed E-state index contributed by atoms with van der Waals surface area (Å²) in [7, 11) is -3.57. The molecule has 0 aliphatic rings. The molecule has 7 nitrogen and oxygen atoms in total. The second-order valence-electron chi connectivity index (χ2n) is 10.8. The summed E-state index contributed by atoms with van der Waals surface area (Å²) in [6.45, 7) is 6.81. The van der Waals surface area contributed by atoms with Crippen molar-refractivity contribution in [2.24, 2.45) is 0 Å². The highest BCUT2D eigenvalue weighted by atomic mass is 35.5. The van der Waals surface area contributed by atoms with Crippen LogP contribution >= 0.6 is 11.6 Å². The van der Waals surface area contributed by atoms with Gasteiger partial charge in [0.05, 0.1) is 11.9 Å². The average Bonchev–Trinajstić information content (AvgIpc) is 2.93. The Morgan fingerprint density at radius 2 is 1.55 bits per heavy atom. The Balaban J connectivity index is 1.88. The molecule has 1 atom stereocenters. The summed E-state index contributed by atoms with van der Waals surface area (Å²) < 4.78 is 26.8. The highest BCUT2D eigenvalue weighted by Gasteiger charge is 2.30. The lowest BCUT2D eigenvalue weighted by Crippen LogP contribution is -2.50. The van der Waals surface area contributed by atoms with Crippen molar-refractivity contribution in [2.45, 2.75) is 65.5 Å². The number of hydrogen-bond acceptors (Lipinski definition) is 4. The first-order valence-electron chi connectivity index (χ1n) is 14.4. The number of benzene rings is 3. The molecule has 0 fully saturated rings. The third-order valence-corrected chi connectivity index (χ3v) is 8.46. The summed E-state index contributed by atoms with van der Waals surface area (Å²) in [6.07, 6.45) is 3.69. The van der Waals surface area contributed by atoms with E-state index >= 15 is 0 Å². The van der Waals surface area contributed by atoms with Crippen LogP contribution < -0.4 is 9.62 Å². The molecule has 0 unspecified atom stereocenters. The Labute approximate surface area is 255 Å². The van der Waals surface area contributed by atoms with Crippen LogP contribution in [0, 0.1) is 13.8 Å². The number of nitrogens with one attached hydrogen (secondary N) is 1. The minimum atomic E-state index is -3.57. The van der Waals surface area contributed by atoms with E-state index in [2.05, 4.69) is 12.2 Å².